The van der Waals surface area contributed by atoms with E-state index in [1.54, 1.807) is 6.20 Å². The highest BCUT2D eigenvalue weighted by atomic mass is 32.2. The molecule has 1 atom stereocenters. The maximum atomic E-state index is 12.3. The number of nitrogens with zero attached hydrogens (tertiary/aromatic N) is 3. The van der Waals surface area contributed by atoms with Crippen LogP contribution in [0.4, 0.5) is 5.13 Å². The average molecular weight is 417 g/mol. The molecule has 0 spiro atoms. The highest BCUT2D eigenvalue weighted by molar-refractivity contribution is 8.00. The van der Waals surface area contributed by atoms with Crippen LogP contribution in [0.3, 0.4) is 0 Å². The zero-order valence-electron chi connectivity index (χ0n) is 15.0. The molecule has 140 valence electrons. The van der Waals surface area contributed by atoms with Crippen LogP contribution in [0.1, 0.15) is 48.4 Å². The number of aryl methyl sites for hydroxylation is 1. The first-order chi connectivity index (χ1) is 13.2. The predicted molar refractivity (Wildman–Crippen MR) is 112 cm³/mol. The van der Waals surface area contributed by atoms with Gasteiger partial charge in [-0.25, -0.2) is 15.0 Å². The Morgan fingerprint density at radius 3 is 3.00 bits per heavy atom. The molecule has 0 unspecified atom stereocenters. The quantitative estimate of drug-likeness (QED) is 0.474. The second-order valence-corrected chi connectivity index (χ2v) is 10.3. The second-order valence-electron chi connectivity index (χ2n) is 7.37. The molecule has 0 bridgehead atoms. The fraction of sp³-hybridized carbons (Fsp3) is 0.474. The molecule has 1 saturated carbocycles. The number of hydrogen-bond donors (Lipinski definition) is 1. The standard InChI is InChI=1S/C19H20N4OS3/c1-10-2-5-12-13(8-10)27-18-15(12)17(22-16(23-18)11-3-4-11)26-9-14(24)21-19-20-6-7-25-19/h6-7,10-11H,2-5,8-9H2,1H3,(H,20,21,24)/t10-/m1/s1. The minimum Gasteiger partial charge on any atom is -0.301 e. The number of aromatic nitrogens is 3. The normalized spacial score (nSPS) is 19.2. The van der Waals surface area contributed by atoms with Crippen LogP contribution in [-0.2, 0) is 17.6 Å². The van der Waals surface area contributed by atoms with Gasteiger partial charge in [-0.15, -0.1) is 22.7 Å². The number of anilines is 1. The average Bonchev–Trinajstić information content (AvgIpc) is 3.26. The molecule has 27 heavy (non-hydrogen) atoms. The van der Waals surface area contributed by atoms with Crippen LogP contribution in [0.15, 0.2) is 16.6 Å². The first kappa shape index (κ1) is 17.6. The van der Waals surface area contributed by atoms with E-state index in [1.165, 1.54) is 58.2 Å². The van der Waals surface area contributed by atoms with Gasteiger partial charge in [-0.3, -0.25) is 4.79 Å². The number of hydrogen-bond acceptors (Lipinski definition) is 7. The third kappa shape index (κ3) is 3.62. The van der Waals surface area contributed by atoms with E-state index in [1.807, 2.05) is 16.7 Å². The van der Waals surface area contributed by atoms with E-state index in [0.29, 0.717) is 16.8 Å². The molecule has 2 aliphatic rings. The largest absolute Gasteiger partial charge is 0.301 e. The van der Waals surface area contributed by atoms with Gasteiger partial charge >= 0.3 is 0 Å². The molecule has 3 aromatic rings. The van der Waals surface area contributed by atoms with E-state index in [2.05, 4.69) is 17.2 Å². The second kappa shape index (κ2) is 7.14. The van der Waals surface area contributed by atoms with Crippen molar-refractivity contribution in [3.8, 4) is 0 Å². The maximum absolute atomic E-state index is 12.3. The monoisotopic (exact) mass is 416 g/mol. The molecular formula is C19H20N4OS3. The minimum atomic E-state index is -0.0348. The fourth-order valence-electron chi connectivity index (χ4n) is 3.53. The topological polar surface area (TPSA) is 67.8 Å². The maximum Gasteiger partial charge on any atom is 0.236 e. The zero-order valence-corrected chi connectivity index (χ0v) is 17.5. The zero-order chi connectivity index (χ0) is 18.4. The van der Waals surface area contributed by atoms with Crippen molar-refractivity contribution in [2.75, 3.05) is 11.1 Å². The van der Waals surface area contributed by atoms with E-state index in [0.717, 1.165) is 34.4 Å². The molecule has 8 heteroatoms. The van der Waals surface area contributed by atoms with Gasteiger partial charge in [0.25, 0.3) is 0 Å². The number of amides is 1. The van der Waals surface area contributed by atoms with Crippen molar-refractivity contribution in [2.45, 2.75) is 50.0 Å². The third-order valence-electron chi connectivity index (χ3n) is 5.10. The van der Waals surface area contributed by atoms with Crippen LogP contribution in [0.5, 0.6) is 0 Å². The van der Waals surface area contributed by atoms with Crippen LogP contribution < -0.4 is 5.32 Å². The molecule has 0 aromatic carbocycles. The summed E-state index contributed by atoms with van der Waals surface area (Å²) in [5.74, 6) is 2.53. The lowest BCUT2D eigenvalue weighted by Crippen LogP contribution is -2.14. The highest BCUT2D eigenvalue weighted by Gasteiger charge is 2.30. The van der Waals surface area contributed by atoms with Crippen LogP contribution in [0.25, 0.3) is 10.2 Å². The lowest BCUT2D eigenvalue weighted by Gasteiger charge is -2.18. The van der Waals surface area contributed by atoms with Gasteiger partial charge in [0, 0.05) is 27.8 Å². The number of carbonyl (C=O) groups excluding carboxylic acids is 1. The van der Waals surface area contributed by atoms with Crippen molar-refractivity contribution in [2.24, 2.45) is 5.92 Å². The summed E-state index contributed by atoms with van der Waals surface area (Å²) in [7, 11) is 0. The van der Waals surface area contributed by atoms with Crippen molar-refractivity contribution >= 4 is 55.7 Å². The van der Waals surface area contributed by atoms with E-state index in [-0.39, 0.29) is 5.91 Å². The Bertz CT molecular complexity index is 994. The minimum absolute atomic E-state index is 0.0348. The van der Waals surface area contributed by atoms with Gasteiger partial charge in [0.15, 0.2) is 5.13 Å². The Labute approximate surface area is 170 Å². The Kier molecular flexibility index (Phi) is 4.65. The molecule has 1 amide bonds. The summed E-state index contributed by atoms with van der Waals surface area (Å²) < 4.78 is 0. The van der Waals surface area contributed by atoms with E-state index in [4.69, 9.17) is 9.97 Å². The van der Waals surface area contributed by atoms with Crippen molar-refractivity contribution in [3.63, 3.8) is 0 Å². The van der Waals surface area contributed by atoms with Crippen LogP contribution in [0, 0.1) is 5.92 Å². The van der Waals surface area contributed by atoms with Crippen LogP contribution in [0.2, 0.25) is 0 Å². The molecule has 3 heterocycles. The van der Waals surface area contributed by atoms with Gasteiger partial charge in [-0.05, 0) is 43.6 Å². The number of thiazole rings is 1. The summed E-state index contributed by atoms with van der Waals surface area (Å²) >= 11 is 4.81. The molecular weight excluding hydrogens is 396 g/mol. The summed E-state index contributed by atoms with van der Waals surface area (Å²) in [6.07, 6.45) is 7.52. The smallest absolute Gasteiger partial charge is 0.236 e. The van der Waals surface area contributed by atoms with Crippen molar-refractivity contribution in [1.82, 2.24) is 15.0 Å². The molecule has 2 aliphatic carbocycles. The molecule has 0 saturated heterocycles. The van der Waals surface area contributed by atoms with Crippen molar-refractivity contribution in [3.05, 3.63) is 27.8 Å². The number of carbonyl (C=O) groups is 1. The highest BCUT2D eigenvalue weighted by Crippen LogP contribution is 2.44. The van der Waals surface area contributed by atoms with Gasteiger partial charge in [-0.2, -0.15) is 0 Å². The molecule has 0 radical (unpaired) electrons. The molecule has 1 N–H and O–H groups in total. The third-order valence-corrected chi connectivity index (χ3v) is 7.91. The number of rotatable bonds is 5. The Balaban J connectivity index is 1.45. The number of thiophene rings is 1. The van der Waals surface area contributed by atoms with E-state index >= 15 is 0 Å². The van der Waals surface area contributed by atoms with Crippen molar-refractivity contribution in [1.29, 1.82) is 0 Å². The van der Waals surface area contributed by atoms with Gasteiger partial charge < -0.3 is 5.32 Å². The summed E-state index contributed by atoms with van der Waals surface area (Å²) in [4.78, 5) is 28.8. The number of thioether (sulfide) groups is 1. The molecule has 5 rings (SSSR count). The summed E-state index contributed by atoms with van der Waals surface area (Å²) in [6.45, 7) is 2.33. The first-order valence-electron chi connectivity index (χ1n) is 9.31. The number of nitrogens with one attached hydrogen (secondary N) is 1. The Morgan fingerprint density at radius 1 is 1.33 bits per heavy atom. The predicted octanol–water partition coefficient (Wildman–Crippen LogP) is 4.88. The van der Waals surface area contributed by atoms with E-state index in [9.17, 15) is 4.79 Å². The molecule has 0 aliphatic heterocycles. The van der Waals surface area contributed by atoms with E-state index < -0.39 is 0 Å². The lowest BCUT2D eigenvalue weighted by molar-refractivity contribution is -0.113. The van der Waals surface area contributed by atoms with Gasteiger partial charge in [0.05, 0.1) is 5.75 Å². The summed E-state index contributed by atoms with van der Waals surface area (Å²) in [5.41, 5.74) is 1.43. The molecule has 3 aromatic heterocycles. The van der Waals surface area contributed by atoms with Gasteiger partial charge in [0.2, 0.25) is 5.91 Å². The van der Waals surface area contributed by atoms with Gasteiger partial charge in [0.1, 0.15) is 15.7 Å². The molecule has 1 fully saturated rings. The first-order valence-corrected chi connectivity index (χ1v) is 12.0. The molecule has 5 nitrogen and oxygen atoms in total. The fourth-order valence-corrected chi connectivity index (χ4v) is 6.39. The summed E-state index contributed by atoms with van der Waals surface area (Å²) in [6, 6.07) is 0. The van der Waals surface area contributed by atoms with Crippen molar-refractivity contribution < 1.29 is 4.79 Å². The van der Waals surface area contributed by atoms with Gasteiger partial charge in [-0.1, -0.05) is 18.7 Å². The summed E-state index contributed by atoms with van der Waals surface area (Å²) in [5, 5.41) is 7.56. The number of fused-ring (bicyclic) bond motifs is 3. The SMILES string of the molecule is C[C@@H]1CCc2c(sc3nc(C4CC4)nc(SCC(=O)Nc4nccs4)c23)C1. The Morgan fingerprint density at radius 2 is 2.22 bits per heavy atom. The Hall–Kier alpha value is -1.51. The van der Waals surface area contributed by atoms with Crippen LogP contribution >= 0.6 is 34.4 Å². The van der Waals surface area contributed by atoms with Crippen LogP contribution in [-0.4, -0.2) is 26.6 Å². The lowest BCUT2D eigenvalue weighted by atomic mass is 9.89.